The summed E-state index contributed by atoms with van der Waals surface area (Å²) in [5.41, 5.74) is -0.684. The largest absolute Gasteiger partial charge is 0.449 e. The highest BCUT2D eigenvalue weighted by molar-refractivity contribution is 7.80. The Morgan fingerprint density at radius 2 is 1.92 bits per heavy atom. The zero-order chi connectivity index (χ0) is 27.0. The van der Waals surface area contributed by atoms with E-state index in [0.29, 0.717) is 30.3 Å². The van der Waals surface area contributed by atoms with Crippen molar-refractivity contribution in [2.45, 2.75) is 88.1 Å². The summed E-state index contributed by atoms with van der Waals surface area (Å²) < 4.78 is 5.55. The van der Waals surface area contributed by atoms with Crippen LogP contribution in [0.15, 0.2) is 24.3 Å². The Morgan fingerprint density at radius 1 is 1.19 bits per heavy atom. The van der Waals surface area contributed by atoms with Gasteiger partial charge in [-0.05, 0) is 42.9 Å². The molecule has 1 aliphatic carbocycles. The van der Waals surface area contributed by atoms with Crippen LogP contribution in [0.25, 0.3) is 0 Å². The minimum absolute atomic E-state index is 0.0870. The Bertz CT molecular complexity index is 938. The van der Waals surface area contributed by atoms with Crippen molar-refractivity contribution in [3.8, 4) is 0 Å². The van der Waals surface area contributed by atoms with E-state index >= 15 is 0 Å². The van der Waals surface area contributed by atoms with Crippen LogP contribution >= 0.6 is 24.2 Å². The molecule has 10 heteroatoms. The van der Waals surface area contributed by atoms with E-state index in [1.165, 1.54) is 6.42 Å². The average molecular weight is 554 g/mol. The van der Waals surface area contributed by atoms with E-state index in [1.807, 2.05) is 32.0 Å². The molecule has 0 unspecified atom stereocenters. The molecule has 37 heavy (non-hydrogen) atoms. The van der Waals surface area contributed by atoms with E-state index in [-0.39, 0.29) is 24.9 Å². The van der Waals surface area contributed by atoms with Gasteiger partial charge in [-0.25, -0.2) is 4.79 Å². The van der Waals surface area contributed by atoms with Gasteiger partial charge in [0.1, 0.15) is 18.1 Å². The van der Waals surface area contributed by atoms with Gasteiger partial charge in [-0.1, -0.05) is 69.7 Å². The first-order chi connectivity index (χ1) is 17.5. The van der Waals surface area contributed by atoms with Crippen molar-refractivity contribution >= 4 is 42.1 Å². The molecule has 206 valence electrons. The number of thiol groups is 1. The molecule has 4 N–H and O–H groups in total. The molecule has 1 heterocycles. The second-order valence-electron chi connectivity index (χ2n) is 10.9. The summed E-state index contributed by atoms with van der Waals surface area (Å²) >= 11 is 10.3. The maximum absolute atomic E-state index is 13.3. The van der Waals surface area contributed by atoms with E-state index in [9.17, 15) is 19.5 Å². The summed E-state index contributed by atoms with van der Waals surface area (Å²) in [6.07, 6.45) is 6.12. The van der Waals surface area contributed by atoms with Crippen LogP contribution in [0.3, 0.4) is 0 Å². The van der Waals surface area contributed by atoms with Crippen LogP contribution in [-0.4, -0.2) is 53.7 Å². The second kappa shape index (κ2) is 13.7. The van der Waals surface area contributed by atoms with Gasteiger partial charge in [0.25, 0.3) is 0 Å². The molecule has 8 nitrogen and oxygen atoms in total. The molecule has 1 aromatic carbocycles. The normalized spacial score (nSPS) is 21.0. The Kier molecular flexibility index (Phi) is 11.0. The van der Waals surface area contributed by atoms with E-state index < -0.39 is 34.9 Å². The van der Waals surface area contributed by atoms with E-state index in [0.717, 1.165) is 31.2 Å². The van der Waals surface area contributed by atoms with Gasteiger partial charge in [0.15, 0.2) is 0 Å². The minimum atomic E-state index is -1.14. The number of nitrogens with one attached hydrogen (secondary N) is 3. The number of hydrogen-bond acceptors (Lipinski definition) is 6. The first-order valence-electron chi connectivity index (χ1n) is 13.2. The molecular weight excluding hydrogens is 514 g/mol. The number of halogens is 1. The Morgan fingerprint density at radius 3 is 2.54 bits per heavy atom. The highest BCUT2D eigenvalue weighted by Gasteiger charge is 2.33. The van der Waals surface area contributed by atoms with Crippen molar-refractivity contribution in [3.05, 3.63) is 34.9 Å². The van der Waals surface area contributed by atoms with Gasteiger partial charge in [-0.3, -0.25) is 9.59 Å². The highest BCUT2D eigenvalue weighted by atomic mass is 35.5. The highest BCUT2D eigenvalue weighted by Crippen LogP contribution is 2.28. The zero-order valence-electron chi connectivity index (χ0n) is 21.7. The number of aliphatic hydroxyl groups excluding tert-OH is 1. The fraction of sp³-hybridized carbons (Fsp3) is 0.667. The predicted octanol–water partition coefficient (Wildman–Crippen LogP) is 3.94. The predicted molar refractivity (Wildman–Crippen MR) is 147 cm³/mol. The average Bonchev–Trinajstić information content (AvgIpc) is 3.26. The molecule has 4 atom stereocenters. The molecule has 3 rings (SSSR count). The van der Waals surface area contributed by atoms with Crippen LogP contribution in [0.1, 0.15) is 70.8 Å². The van der Waals surface area contributed by atoms with Crippen LogP contribution in [0.4, 0.5) is 4.79 Å². The number of rotatable bonds is 11. The first-order valence-corrected chi connectivity index (χ1v) is 14.1. The maximum atomic E-state index is 13.3. The van der Waals surface area contributed by atoms with Crippen LogP contribution in [0.5, 0.6) is 0 Å². The third-order valence-electron chi connectivity index (χ3n) is 7.46. The van der Waals surface area contributed by atoms with Gasteiger partial charge >= 0.3 is 6.09 Å². The molecule has 3 amide bonds. The number of amides is 3. The van der Waals surface area contributed by atoms with E-state index in [2.05, 4.69) is 28.6 Å². The summed E-state index contributed by atoms with van der Waals surface area (Å²) in [6, 6.07) is 5.87. The fourth-order valence-electron chi connectivity index (χ4n) is 5.13. The standard InChI is InChI=1S/C27H40ClN3O5S/c1-27(2,19-9-6-10-20(28)15-19)16-36-26(35)31-21(13-17-7-4-3-5-8-17)24(33)30-22(25(34)37)14-18-11-12-29-23(18)32/h6,9-10,15,17-18,21-22,25,34,37H,3-5,7-8,11-14,16H2,1-2H3,(H,29,32)(H,30,33)(H,31,35)/t18-,21-,22-,25+/m0/s1. The molecule has 1 saturated heterocycles. The lowest BCUT2D eigenvalue weighted by atomic mass is 9.84. The van der Waals surface area contributed by atoms with Crippen LogP contribution in [0, 0.1) is 11.8 Å². The van der Waals surface area contributed by atoms with Crippen molar-refractivity contribution < 1.29 is 24.2 Å². The lowest BCUT2D eigenvalue weighted by Crippen LogP contribution is -2.53. The number of aliphatic hydroxyl groups is 1. The Balaban J connectivity index is 1.64. The lowest BCUT2D eigenvalue weighted by Gasteiger charge is -2.30. The number of benzene rings is 1. The van der Waals surface area contributed by atoms with E-state index in [1.54, 1.807) is 6.07 Å². The summed E-state index contributed by atoms with van der Waals surface area (Å²) in [7, 11) is 0. The molecule has 2 fully saturated rings. The number of alkyl carbamates (subject to hydrolysis) is 1. The number of ether oxygens (including phenoxy) is 1. The first kappa shape index (κ1) is 29.6. The summed E-state index contributed by atoms with van der Waals surface area (Å²) in [5, 5.41) is 19.2. The topological polar surface area (TPSA) is 117 Å². The maximum Gasteiger partial charge on any atom is 0.407 e. The van der Waals surface area contributed by atoms with Gasteiger partial charge in [0.05, 0.1) is 6.04 Å². The van der Waals surface area contributed by atoms with Gasteiger partial charge in [-0.15, -0.1) is 12.6 Å². The van der Waals surface area contributed by atoms with Crippen LogP contribution < -0.4 is 16.0 Å². The monoisotopic (exact) mass is 553 g/mol. The second-order valence-corrected chi connectivity index (χ2v) is 11.9. The molecule has 0 bridgehead atoms. The molecule has 1 aliphatic heterocycles. The zero-order valence-corrected chi connectivity index (χ0v) is 23.3. The van der Waals surface area contributed by atoms with E-state index in [4.69, 9.17) is 16.3 Å². The lowest BCUT2D eigenvalue weighted by molar-refractivity contribution is -0.126. The quantitative estimate of drug-likeness (QED) is 0.210. The number of carbonyl (C=O) groups excluding carboxylic acids is 3. The van der Waals surface area contributed by atoms with Crippen molar-refractivity contribution in [2.75, 3.05) is 13.2 Å². The molecule has 1 aromatic rings. The van der Waals surface area contributed by atoms with Crippen molar-refractivity contribution in [3.63, 3.8) is 0 Å². The summed E-state index contributed by atoms with van der Waals surface area (Å²) in [6.45, 7) is 4.59. The fourth-order valence-corrected chi connectivity index (χ4v) is 5.51. The number of hydrogen-bond donors (Lipinski definition) is 5. The van der Waals surface area contributed by atoms with Gasteiger partial charge in [-0.2, -0.15) is 0 Å². The Labute approximate surface area is 230 Å². The summed E-state index contributed by atoms with van der Waals surface area (Å²) in [5.74, 6) is -0.479. The smallest absolute Gasteiger partial charge is 0.407 e. The SMILES string of the molecule is CC(C)(COC(=O)N[C@@H](CC1CCCCC1)C(=O)N[C@@H](C[C@@H]1CCNC1=O)[C@H](O)S)c1cccc(Cl)c1. The Hall–Kier alpha value is -1.97. The summed E-state index contributed by atoms with van der Waals surface area (Å²) in [4.78, 5) is 38.2. The van der Waals surface area contributed by atoms with Gasteiger partial charge < -0.3 is 25.8 Å². The molecule has 0 aromatic heterocycles. The molecular formula is C27H40ClN3O5S. The molecule has 0 spiro atoms. The number of carbonyl (C=O) groups is 3. The van der Waals surface area contributed by atoms with Crippen molar-refractivity contribution in [1.82, 2.24) is 16.0 Å². The third-order valence-corrected chi connectivity index (χ3v) is 8.06. The van der Waals surface area contributed by atoms with Crippen LogP contribution in [-0.2, 0) is 19.7 Å². The molecule has 2 aliphatic rings. The molecule has 1 saturated carbocycles. The third kappa shape index (κ3) is 9.07. The van der Waals surface area contributed by atoms with Crippen LogP contribution in [0.2, 0.25) is 5.02 Å². The molecule has 0 radical (unpaired) electrons. The van der Waals surface area contributed by atoms with Gasteiger partial charge in [0, 0.05) is 22.9 Å². The minimum Gasteiger partial charge on any atom is -0.449 e. The van der Waals surface area contributed by atoms with Crippen molar-refractivity contribution in [2.24, 2.45) is 11.8 Å². The van der Waals surface area contributed by atoms with Gasteiger partial charge in [0.2, 0.25) is 11.8 Å². The van der Waals surface area contributed by atoms with Crippen molar-refractivity contribution in [1.29, 1.82) is 0 Å².